The Kier molecular flexibility index (Phi) is 4.11. The van der Waals surface area contributed by atoms with Crippen LogP contribution in [-0.2, 0) is 7.81 Å². The van der Waals surface area contributed by atoms with Crippen LogP contribution < -0.4 is 0 Å². The second-order valence-electron chi connectivity index (χ2n) is 4.47. The van der Waals surface area contributed by atoms with Crippen molar-refractivity contribution in [1.82, 2.24) is 0 Å². The highest BCUT2D eigenvalue weighted by Crippen LogP contribution is 2.80. The average Bonchev–Trinajstić information content (AvgIpc) is 2.35. The third-order valence-corrected chi connectivity index (χ3v) is 6.74. The molecule has 1 aromatic carbocycles. The zero-order valence-electron chi connectivity index (χ0n) is 11.2. The van der Waals surface area contributed by atoms with Gasteiger partial charge in [0.25, 0.3) is 5.90 Å². The summed E-state index contributed by atoms with van der Waals surface area (Å²) < 4.78 is 91.3. The van der Waals surface area contributed by atoms with E-state index in [1.807, 2.05) is 0 Å². The third-order valence-electron chi connectivity index (χ3n) is 2.40. The number of halogens is 6. The molecular formula is C11H11F6NO2S2. The summed E-state index contributed by atoms with van der Waals surface area (Å²) in [6.07, 6.45) is 2.12. The van der Waals surface area contributed by atoms with Gasteiger partial charge in [0.2, 0.25) is 0 Å². The number of rotatable bonds is 1. The van der Waals surface area contributed by atoms with E-state index in [2.05, 4.69) is 8.03 Å². The van der Waals surface area contributed by atoms with Gasteiger partial charge in [0.05, 0.1) is 0 Å². The molecule has 0 unspecified atom stereocenters. The lowest BCUT2D eigenvalue weighted by Gasteiger charge is -2.49. The fraction of sp³-hybridized carbons (Fsp3) is 0.364. The SMILES string of the molecule is CS1(C)OC(c2ccccc2)=NS(C(F)(F)F)(C(F)(F)F)O1. The van der Waals surface area contributed by atoms with E-state index in [0.717, 1.165) is 12.5 Å². The quantitative estimate of drug-likeness (QED) is 0.651. The lowest BCUT2D eigenvalue weighted by atomic mass is 10.2. The Balaban J connectivity index is 2.67. The van der Waals surface area contributed by atoms with Crippen LogP contribution in [0.25, 0.3) is 0 Å². The molecule has 0 spiro atoms. The first kappa shape index (κ1) is 17.3. The number of nitrogens with zero attached hydrogens (tertiary/aromatic N) is 1. The second-order valence-corrected chi connectivity index (χ2v) is 9.63. The van der Waals surface area contributed by atoms with Crippen LogP contribution in [0.15, 0.2) is 34.7 Å². The second kappa shape index (κ2) is 5.24. The molecule has 0 saturated carbocycles. The standard InChI is InChI=1S/C11H11F6NO2S2/c1-21(2)19-9(8-6-4-3-5-7-8)18-22(20-21,10(12,13)14)11(15,16)17/h3-7H,1-2H3. The summed E-state index contributed by atoms with van der Waals surface area (Å²) >= 11 is 0. The first-order valence-electron chi connectivity index (χ1n) is 5.63. The molecule has 0 aliphatic carbocycles. The number of hydrogen-bond donors (Lipinski definition) is 0. The molecule has 2 rings (SSSR count). The van der Waals surface area contributed by atoms with E-state index in [0.29, 0.717) is 0 Å². The molecule has 1 aromatic rings. The maximum Gasteiger partial charge on any atom is 0.476 e. The van der Waals surface area contributed by atoms with E-state index < -0.39 is 38.0 Å². The van der Waals surface area contributed by atoms with Gasteiger partial charge in [-0.3, -0.25) is 0 Å². The first-order chi connectivity index (χ1) is 9.88. The lowest BCUT2D eigenvalue weighted by Crippen LogP contribution is -2.38. The molecule has 0 saturated heterocycles. The Hall–Kier alpha value is -1.07. The molecular weight excluding hydrogens is 356 g/mol. The van der Waals surface area contributed by atoms with Crippen molar-refractivity contribution >= 4 is 27.0 Å². The van der Waals surface area contributed by atoms with Gasteiger partial charge in [0.15, 0.2) is 10.5 Å². The third kappa shape index (κ3) is 3.01. The molecule has 126 valence electrons. The predicted molar refractivity (Wildman–Crippen MR) is 74.3 cm³/mol. The minimum atomic E-state index is -5.73. The van der Waals surface area contributed by atoms with Gasteiger partial charge in [0, 0.05) is 18.1 Å². The molecule has 0 bridgehead atoms. The van der Waals surface area contributed by atoms with E-state index in [9.17, 15) is 26.3 Å². The van der Waals surface area contributed by atoms with Gasteiger partial charge >= 0.3 is 11.0 Å². The lowest BCUT2D eigenvalue weighted by molar-refractivity contribution is -0.0890. The van der Waals surface area contributed by atoms with Gasteiger partial charge < -0.3 is 4.18 Å². The van der Waals surface area contributed by atoms with Crippen LogP contribution in [0.2, 0.25) is 0 Å². The molecule has 0 amide bonds. The van der Waals surface area contributed by atoms with E-state index in [1.165, 1.54) is 24.3 Å². The molecule has 1 aliphatic heterocycles. The Morgan fingerprint density at radius 3 is 1.86 bits per heavy atom. The minimum Gasteiger partial charge on any atom is -0.370 e. The summed E-state index contributed by atoms with van der Waals surface area (Å²) in [6.45, 7) is 0. The summed E-state index contributed by atoms with van der Waals surface area (Å²) in [5, 5.41) is 0. The van der Waals surface area contributed by atoms with Crippen LogP contribution in [0, 0.1) is 0 Å². The van der Waals surface area contributed by atoms with Crippen LogP contribution in [-0.4, -0.2) is 29.4 Å². The van der Waals surface area contributed by atoms with Crippen LogP contribution in [0.5, 0.6) is 0 Å². The van der Waals surface area contributed by atoms with Crippen molar-refractivity contribution in [3.63, 3.8) is 0 Å². The van der Waals surface area contributed by atoms with Crippen molar-refractivity contribution in [3.8, 4) is 0 Å². The van der Waals surface area contributed by atoms with Gasteiger partial charge in [-0.2, -0.15) is 34.4 Å². The monoisotopic (exact) mass is 367 g/mol. The van der Waals surface area contributed by atoms with Gasteiger partial charge in [-0.1, -0.05) is 18.2 Å². The molecule has 11 heteroatoms. The van der Waals surface area contributed by atoms with Crippen molar-refractivity contribution in [1.29, 1.82) is 0 Å². The van der Waals surface area contributed by atoms with Crippen molar-refractivity contribution in [3.05, 3.63) is 35.9 Å². The molecule has 1 aliphatic rings. The number of alkyl halides is 6. The Labute approximate surface area is 125 Å². The summed E-state index contributed by atoms with van der Waals surface area (Å²) in [6, 6.07) is 7.11. The van der Waals surface area contributed by atoms with E-state index in [1.54, 1.807) is 6.07 Å². The van der Waals surface area contributed by atoms with Gasteiger partial charge in [0.1, 0.15) is 0 Å². The van der Waals surface area contributed by atoms with Crippen LogP contribution in [0.4, 0.5) is 26.3 Å². The number of benzene rings is 1. The molecule has 0 aromatic heterocycles. The fourth-order valence-corrected chi connectivity index (χ4v) is 5.74. The van der Waals surface area contributed by atoms with Crippen LogP contribution in [0.3, 0.4) is 0 Å². The smallest absolute Gasteiger partial charge is 0.370 e. The van der Waals surface area contributed by atoms with Crippen molar-refractivity contribution in [2.24, 2.45) is 4.40 Å². The molecule has 1 heterocycles. The van der Waals surface area contributed by atoms with Crippen molar-refractivity contribution in [2.75, 3.05) is 12.5 Å². The summed E-state index contributed by atoms with van der Waals surface area (Å²) in [5.41, 5.74) is -11.4. The minimum absolute atomic E-state index is 0.0248. The molecule has 3 nitrogen and oxygen atoms in total. The Morgan fingerprint density at radius 2 is 1.41 bits per heavy atom. The number of hydrogen-bond acceptors (Lipinski definition) is 3. The van der Waals surface area contributed by atoms with E-state index in [-0.39, 0.29) is 5.56 Å². The molecule has 22 heavy (non-hydrogen) atoms. The molecule has 0 radical (unpaired) electrons. The predicted octanol–water partition coefficient (Wildman–Crippen LogP) is 5.05. The van der Waals surface area contributed by atoms with Gasteiger partial charge in [-0.15, -0.1) is 10.6 Å². The van der Waals surface area contributed by atoms with Crippen LogP contribution in [0.1, 0.15) is 5.56 Å². The van der Waals surface area contributed by atoms with Crippen LogP contribution >= 0.6 is 21.1 Å². The first-order valence-corrected chi connectivity index (χ1v) is 9.44. The Morgan fingerprint density at radius 1 is 0.909 bits per heavy atom. The molecule has 0 fully saturated rings. The van der Waals surface area contributed by atoms with E-state index in [4.69, 9.17) is 4.18 Å². The summed E-state index contributed by atoms with van der Waals surface area (Å²) in [7, 11) is -8.82. The maximum atomic E-state index is 13.2. The van der Waals surface area contributed by atoms with Gasteiger partial charge in [-0.25, -0.2) is 0 Å². The highest BCUT2D eigenvalue weighted by atomic mass is 32.3. The van der Waals surface area contributed by atoms with Crippen molar-refractivity contribution in [2.45, 2.75) is 11.0 Å². The fourth-order valence-electron chi connectivity index (χ4n) is 1.58. The topological polar surface area (TPSA) is 30.8 Å². The molecule has 0 N–H and O–H groups in total. The van der Waals surface area contributed by atoms with Gasteiger partial charge in [-0.05, 0) is 12.1 Å². The van der Waals surface area contributed by atoms with E-state index >= 15 is 0 Å². The average molecular weight is 367 g/mol. The zero-order valence-corrected chi connectivity index (χ0v) is 12.9. The summed E-state index contributed by atoms with van der Waals surface area (Å²) in [4.78, 5) is 0. The highest BCUT2D eigenvalue weighted by molar-refractivity contribution is 8.40. The maximum absolute atomic E-state index is 13.2. The Bertz CT molecular complexity index is 570. The highest BCUT2D eigenvalue weighted by Gasteiger charge is 2.72. The zero-order chi connectivity index (χ0) is 16.8. The van der Waals surface area contributed by atoms with Crippen molar-refractivity contribution < 1.29 is 34.2 Å². The summed E-state index contributed by atoms with van der Waals surface area (Å²) in [5.74, 6) is -0.712. The largest absolute Gasteiger partial charge is 0.476 e. The normalized spacial score (nSPS) is 23.9. The molecule has 0 atom stereocenters.